The van der Waals surface area contributed by atoms with E-state index >= 15 is 0 Å². The number of nitrogens with zero attached hydrogens (tertiary/aromatic N) is 1. The molecule has 0 bridgehead atoms. The Morgan fingerprint density at radius 3 is 2.68 bits per heavy atom. The molecule has 0 aliphatic carbocycles. The van der Waals surface area contributed by atoms with Gasteiger partial charge < -0.3 is 5.11 Å². The molecule has 0 aromatic heterocycles. The molecule has 0 atom stereocenters. The van der Waals surface area contributed by atoms with E-state index in [4.69, 9.17) is 23.1 Å². The zero-order valence-corrected chi connectivity index (χ0v) is 11.1. The van der Waals surface area contributed by atoms with Crippen LogP contribution in [-0.4, -0.2) is 36.9 Å². The van der Waals surface area contributed by atoms with E-state index in [1.807, 2.05) is 5.92 Å². The van der Waals surface area contributed by atoms with Crippen molar-refractivity contribution in [3.8, 4) is 12.3 Å². The van der Waals surface area contributed by atoms with Crippen LogP contribution in [0, 0.1) is 18.2 Å². The van der Waals surface area contributed by atoms with Crippen LogP contribution in [0.5, 0.6) is 0 Å². The van der Waals surface area contributed by atoms with Gasteiger partial charge in [0.1, 0.15) is 17.3 Å². The predicted molar refractivity (Wildman–Crippen MR) is 66.6 cm³/mol. The van der Waals surface area contributed by atoms with Crippen LogP contribution < -0.4 is 0 Å². The number of aliphatic carboxylic acids is 1. The van der Waals surface area contributed by atoms with E-state index in [0.29, 0.717) is 10.4 Å². The minimum absolute atomic E-state index is 0.214. The summed E-state index contributed by atoms with van der Waals surface area (Å²) in [6.07, 6.45) is 4.99. The Morgan fingerprint density at radius 2 is 2.16 bits per heavy atom. The fourth-order valence-corrected chi connectivity index (χ4v) is 3.08. The average Bonchev–Trinajstić information content (AvgIpc) is 2.31. The molecule has 0 saturated heterocycles. The van der Waals surface area contributed by atoms with E-state index < -0.39 is 39.8 Å². The molecule has 0 fully saturated rings. The molecule has 1 N–H and O–H groups in total. The quantitative estimate of drug-likeness (QED) is 0.829. The number of hydrogen-bond donors (Lipinski definition) is 1. The van der Waals surface area contributed by atoms with Crippen LogP contribution in [0.2, 0.25) is 5.02 Å². The number of carboxylic acids is 1. The van der Waals surface area contributed by atoms with Crippen LogP contribution in [-0.2, 0) is 14.8 Å². The van der Waals surface area contributed by atoms with Gasteiger partial charge >= 0.3 is 5.97 Å². The van der Waals surface area contributed by atoms with Crippen molar-refractivity contribution >= 4 is 27.6 Å². The molecule has 0 aliphatic rings. The number of benzene rings is 1. The lowest BCUT2D eigenvalue weighted by Crippen LogP contribution is -2.36. The molecule has 0 spiro atoms. The van der Waals surface area contributed by atoms with Crippen LogP contribution in [0.3, 0.4) is 0 Å². The highest BCUT2D eigenvalue weighted by Crippen LogP contribution is 2.25. The molecule has 0 heterocycles. The average molecular weight is 306 g/mol. The van der Waals surface area contributed by atoms with E-state index in [0.717, 1.165) is 12.1 Å². The van der Waals surface area contributed by atoms with Gasteiger partial charge in [-0.25, -0.2) is 12.8 Å². The van der Waals surface area contributed by atoms with Gasteiger partial charge in [0, 0.05) is 0 Å². The third kappa shape index (κ3) is 3.67. The zero-order chi connectivity index (χ0) is 14.6. The predicted octanol–water partition coefficient (Wildman–Crippen LogP) is 1.19. The number of halogens is 2. The highest BCUT2D eigenvalue weighted by Gasteiger charge is 2.28. The normalized spacial score (nSPS) is 11.3. The molecule has 8 heteroatoms. The standard InChI is InChI=1S/C11H9ClFNO4S/c1-2-5-14(7-11(15)16)19(17,18)10-6-8(13)3-4-9(10)12/h1,3-4,6H,5,7H2,(H,15,16). The smallest absolute Gasteiger partial charge is 0.318 e. The molecular formula is C11H9ClFNO4S. The molecule has 102 valence electrons. The van der Waals surface area contributed by atoms with E-state index in [9.17, 15) is 17.6 Å². The molecule has 0 saturated carbocycles. The fraction of sp³-hybridized carbons (Fsp3) is 0.182. The van der Waals surface area contributed by atoms with Crippen molar-refractivity contribution in [2.45, 2.75) is 4.90 Å². The number of rotatable bonds is 5. The Morgan fingerprint density at radius 1 is 1.53 bits per heavy atom. The van der Waals surface area contributed by atoms with Gasteiger partial charge in [-0.1, -0.05) is 17.5 Å². The summed E-state index contributed by atoms with van der Waals surface area (Å²) in [7, 11) is -4.27. The van der Waals surface area contributed by atoms with Crippen molar-refractivity contribution < 1.29 is 22.7 Å². The van der Waals surface area contributed by atoms with Gasteiger partial charge in [0.05, 0.1) is 11.6 Å². The Bertz CT molecular complexity index is 639. The first-order chi connectivity index (χ1) is 8.78. The first-order valence-electron chi connectivity index (χ1n) is 4.89. The molecule has 19 heavy (non-hydrogen) atoms. The van der Waals surface area contributed by atoms with Crippen molar-refractivity contribution in [2.24, 2.45) is 0 Å². The topological polar surface area (TPSA) is 74.7 Å². The molecule has 1 aromatic rings. The van der Waals surface area contributed by atoms with Crippen LogP contribution in [0.4, 0.5) is 4.39 Å². The Kier molecular flexibility index (Phi) is 4.89. The second-order valence-corrected chi connectivity index (χ2v) is 5.76. The SMILES string of the molecule is C#CCN(CC(=O)O)S(=O)(=O)c1cc(F)ccc1Cl. The third-order valence-corrected chi connectivity index (χ3v) is 4.36. The minimum atomic E-state index is -4.27. The molecular weight excluding hydrogens is 297 g/mol. The summed E-state index contributed by atoms with van der Waals surface area (Å²) >= 11 is 5.69. The van der Waals surface area contributed by atoms with Gasteiger partial charge in [-0.2, -0.15) is 4.31 Å². The van der Waals surface area contributed by atoms with Crippen molar-refractivity contribution in [3.63, 3.8) is 0 Å². The number of carbonyl (C=O) groups is 1. The van der Waals surface area contributed by atoms with Gasteiger partial charge in [0.2, 0.25) is 10.0 Å². The summed E-state index contributed by atoms with van der Waals surface area (Å²) in [5, 5.41) is 8.45. The molecule has 1 rings (SSSR count). The number of carboxylic acid groups (broad SMARTS) is 1. The Balaban J connectivity index is 3.30. The van der Waals surface area contributed by atoms with Gasteiger partial charge in [0.15, 0.2) is 0 Å². The van der Waals surface area contributed by atoms with Crippen LogP contribution >= 0.6 is 11.6 Å². The minimum Gasteiger partial charge on any atom is -0.480 e. The lowest BCUT2D eigenvalue weighted by atomic mass is 10.3. The zero-order valence-electron chi connectivity index (χ0n) is 9.51. The van der Waals surface area contributed by atoms with Gasteiger partial charge in [0.25, 0.3) is 0 Å². The summed E-state index contributed by atoms with van der Waals surface area (Å²) in [5.74, 6) is -0.160. The molecule has 0 amide bonds. The largest absolute Gasteiger partial charge is 0.480 e. The van der Waals surface area contributed by atoms with Gasteiger partial charge in [-0.05, 0) is 18.2 Å². The van der Waals surface area contributed by atoms with Crippen LogP contribution in [0.25, 0.3) is 0 Å². The Hall–Kier alpha value is -1.62. The van der Waals surface area contributed by atoms with Crippen LogP contribution in [0.15, 0.2) is 23.1 Å². The summed E-state index contributed by atoms with van der Waals surface area (Å²) in [6, 6.07) is 2.77. The van der Waals surface area contributed by atoms with Crippen molar-refractivity contribution in [1.82, 2.24) is 4.31 Å². The van der Waals surface area contributed by atoms with Gasteiger partial charge in [-0.15, -0.1) is 6.42 Å². The monoisotopic (exact) mass is 305 g/mol. The number of hydrogen-bond acceptors (Lipinski definition) is 3. The highest BCUT2D eigenvalue weighted by atomic mass is 35.5. The van der Waals surface area contributed by atoms with Crippen molar-refractivity contribution in [2.75, 3.05) is 13.1 Å². The lowest BCUT2D eigenvalue weighted by molar-refractivity contribution is -0.137. The summed E-state index contributed by atoms with van der Waals surface area (Å²) < 4.78 is 37.9. The highest BCUT2D eigenvalue weighted by molar-refractivity contribution is 7.89. The Labute approximate surface area is 114 Å². The summed E-state index contributed by atoms with van der Waals surface area (Å²) in [5.41, 5.74) is 0. The van der Waals surface area contributed by atoms with E-state index in [-0.39, 0.29) is 5.02 Å². The number of terminal acetylenes is 1. The maximum absolute atomic E-state index is 13.1. The summed E-state index contributed by atoms with van der Waals surface area (Å²) in [6.45, 7) is -1.29. The molecule has 0 radical (unpaired) electrons. The maximum atomic E-state index is 13.1. The summed E-state index contributed by atoms with van der Waals surface area (Å²) in [4.78, 5) is 10.1. The van der Waals surface area contributed by atoms with Crippen LogP contribution in [0.1, 0.15) is 0 Å². The fourth-order valence-electron chi connectivity index (χ4n) is 1.29. The van der Waals surface area contributed by atoms with E-state index in [1.165, 1.54) is 0 Å². The molecule has 0 aliphatic heterocycles. The second-order valence-electron chi connectivity index (χ2n) is 3.45. The van der Waals surface area contributed by atoms with E-state index in [1.54, 1.807) is 0 Å². The lowest BCUT2D eigenvalue weighted by Gasteiger charge is -2.18. The van der Waals surface area contributed by atoms with Crippen molar-refractivity contribution in [1.29, 1.82) is 0 Å². The molecule has 5 nitrogen and oxygen atoms in total. The van der Waals surface area contributed by atoms with Gasteiger partial charge in [-0.3, -0.25) is 4.79 Å². The second kappa shape index (κ2) is 6.02. The molecule has 0 unspecified atom stereocenters. The first-order valence-corrected chi connectivity index (χ1v) is 6.71. The van der Waals surface area contributed by atoms with E-state index in [2.05, 4.69) is 0 Å². The third-order valence-electron chi connectivity index (χ3n) is 2.09. The molecule has 1 aromatic carbocycles. The van der Waals surface area contributed by atoms with Crippen molar-refractivity contribution in [3.05, 3.63) is 29.0 Å². The number of sulfonamides is 1. The maximum Gasteiger partial charge on any atom is 0.318 e. The first kappa shape index (κ1) is 15.4.